The van der Waals surface area contributed by atoms with Gasteiger partial charge in [0, 0.05) is 11.5 Å². The van der Waals surface area contributed by atoms with E-state index in [0.29, 0.717) is 24.7 Å². The third-order valence-electron chi connectivity index (χ3n) is 2.45. The van der Waals surface area contributed by atoms with Gasteiger partial charge in [0.1, 0.15) is 0 Å². The first-order valence-electron chi connectivity index (χ1n) is 5.38. The Hall–Kier alpha value is -0.720. The van der Waals surface area contributed by atoms with Gasteiger partial charge in [-0.3, -0.25) is 0 Å². The van der Waals surface area contributed by atoms with Crippen molar-refractivity contribution < 1.29 is 13.2 Å². The van der Waals surface area contributed by atoms with Crippen molar-refractivity contribution in [2.75, 3.05) is 24.7 Å². The van der Waals surface area contributed by atoms with Crippen LogP contribution in [-0.4, -0.2) is 33.1 Å². The first kappa shape index (κ1) is 12.7. The highest BCUT2D eigenvalue weighted by Crippen LogP contribution is 2.15. The van der Waals surface area contributed by atoms with Gasteiger partial charge < -0.3 is 4.74 Å². The Morgan fingerprint density at radius 3 is 2.35 bits per heavy atom. The molecular formula is C11H15NO3S2. The topological polar surface area (TPSA) is 55.7 Å². The van der Waals surface area contributed by atoms with Crippen molar-refractivity contribution in [2.24, 2.45) is 3.77 Å². The van der Waals surface area contributed by atoms with Crippen LogP contribution in [-0.2, 0) is 25.5 Å². The molecule has 1 aromatic rings. The van der Waals surface area contributed by atoms with Gasteiger partial charge in [0.05, 0.1) is 18.1 Å². The van der Waals surface area contributed by atoms with Gasteiger partial charge in [-0.05, 0) is 19.1 Å². The predicted octanol–water partition coefficient (Wildman–Crippen LogP) is 1.52. The molecule has 1 aromatic carbocycles. The van der Waals surface area contributed by atoms with E-state index in [9.17, 15) is 8.42 Å². The van der Waals surface area contributed by atoms with E-state index < -0.39 is 20.7 Å². The Kier molecular flexibility index (Phi) is 3.96. The molecule has 17 heavy (non-hydrogen) atoms. The van der Waals surface area contributed by atoms with E-state index in [1.165, 1.54) is 0 Å². The lowest BCUT2D eigenvalue weighted by molar-refractivity contribution is 0.160. The molecule has 0 bridgehead atoms. The lowest BCUT2D eigenvalue weighted by atomic mass is 10.2. The van der Waals surface area contributed by atoms with Crippen molar-refractivity contribution in [1.82, 2.24) is 0 Å². The zero-order valence-electron chi connectivity index (χ0n) is 9.63. The number of benzene rings is 1. The first-order valence-corrected chi connectivity index (χ1v) is 8.34. The van der Waals surface area contributed by atoms with Crippen LogP contribution in [0, 0.1) is 6.92 Å². The lowest BCUT2D eigenvalue weighted by Crippen LogP contribution is -2.21. The summed E-state index contributed by atoms with van der Waals surface area (Å²) in [6.07, 6.45) is 0. The quantitative estimate of drug-likeness (QED) is 0.821. The maximum Gasteiger partial charge on any atom is 0.287 e. The van der Waals surface area contributed by atoms with Crippen molar-refractivity contribution in [2.45, 2.75) is 11.8 Å². The average Bonchev–Trinajstić information content (AvgIpc) is 2.30. The molecular weight excluding hydrogens is 258 g/mol. The molecule has 6 heteroatoms. The number of hydrogen-bond acceptors (Lipinski definition) is 3. The molecule has 0 unspecified atom stereocenters. The Morgan fingerprint density at radius 1 is 1.18 bits per heavy atom. The largest absolute Gasteiger partial charge is 0.380 e. The van der Waals surface area contributed by atoms with Gasteiger partial charge in [-0.25, -0.2) is 0 Å². The molecule has 94 valence electrons. The highest BCUT2D eigenvalue weighted by molar-refractivity contribution is 8.00. The van der Waals surface area contributed by atoms with Crippen LogP contribution >= 0.6 is 0 Å². The monoisotopic (exact) mass is 273 g/mol. The van der Waals surface area contributed by atoms with Crippen molar-refractivity contribution in [3.8, 4) is 0 Å². The van der Waals surface area contributed by atoms with Crippen molar-refractivity contribution in [1.29, 1.82) is 0 Å². The van der Waals surface area contributed by atoms with E-state index in [-0.39, 0.29) is 4.90 Å². The average molecular weight is 273 g/mol. The van der Waals surface area contributed by atoms with Crippen molar-refractivity contribution in [3.63, 3.8) is 0 Å². The molecule has 1 aliphatic rings. The van der Waals surface area contributed by atoms with Gasteiger partial charge >= 0.3 is 0 Å². The van der Waals surface area contributed by atoms with Crippen LogP contribution in [0.25, 0.3) is 0 Å². The maximum atomic E-state index is 12.0. The summed E-state index contributed by atoms with van der Waals surface area (Å²) in [5.41, 5.74) is 1.04. The minimum absolute atomic E-state index is 0.280. The molecule has 0 atom stereocenters. The molecule has 0 aliphatic carbocycles. The van der Waals surface area contributed by atoms with Crippen LogP contribution in [0.4, 0.5) is 0 Å². The van der Waals surface area contributed by atoms with Crippen LogP contribution in [0.15, 0.2) is 32.9 Å². The standard InChI is InChI=1S/C11H15NO3S2/c1-10-2-4-11(5-3-10)17(13,14)12-16-8-6-15-7-9-16/h2-5H,6-9H2,1H3. The number of nitrogens with zero attached hydrogens (tertiary/aromatic N) is 1. The highest BCUT2D eigenvalue weighted by atomic mass is 32.3. The summed E-state index contributed by atoms with van der Waals surface area (Å²) in [6.45, 7) is 3.14. The summed E-state index contributed by atoms with van der Waals surface area (Å²) in [6, 6.07) is 6.79. The van der Waals surface area contributed by atoms with E-state index in [2.05, 4.69) is 3.77 Å². The van der Waals surface area contributed by atoms with Crippen molar-refractivity contribution >= 4 is 20.7 Å². The zero-order chi connectivity index (χ0) is 12.3. The third kappa shape index (κ3) is 3.37. The molecule has 1 saturated heterocycles. The van der Waals surface area contributed by atoms with Crippen LogP contribution in [0.3, 0.4) is 0 Å². The minimum Gasteiger partial charge on any atom is -0.380 e. The second kappa shape index (κ2) is 5.29. The number of ether oxygens (including phenoxy) is 1. The van der Waals surface area contributed by atoms with E-state index in [0.717, 1.165) is 5.56 Å². The van der Waals surface area contributed by atoms with Gasteiger partial charge in [-0.15, -0.1) is 3.77 Å². The Balaban J connectivity index is 2.27. The summed E-state index contributed by atoms with van der Waals surface area (Å²) >= 11 is 0. The van der Waals surface area contributed by atoms with Crippen LogP contribution < -0.4 is 0 Å². The molecule has 0 radical (unpaired) electrons. The van der Waals surface area contributed by atoms with Gasteiger partial charge in [-0.2, -0.15) is 8.42 Å². The Labute approximate surface area is 104 Å². The summed E-state index contributed by atoms with van der Waals surface area (Å²) in [5.74, 6) is 1.43. The van der Waals surface area contributed by atoms with Gasteiger partial charge in [-0.1, -0.05) is 28.4 Å². The number of sulfonamides is 1. The summed E-state index contributed by atoms with van der Waals surface area (Å²) in [5, 5.41) is 0. The van der Waals surface area contributed by atoms with E-state index in [1.807, 2.05) is 6.92 Å². The van der Waals surface area contributed by atoms with Crippen LogP contribution in [0.5, 0.6) is 0 Å². The molecule has 1 aliphatic heterocycles. The van der Waals surface area contributed by atoms with Crippen molar-refractivity contribution in [3.05, 3.63) is 29.8 Å². The van der Waals surface area contributed by atoms with Gasteiger partial charge in [0.15, 0.2) is 0 Å². The molecule has 0 amide bonds. The fraction of sp³-hybridized carbons (Fsp3) is 0.455. The number of hydrogen-bond donors (Lipinski definition) is 0. The molecule has 2 rings (SSSR count). The molecule has 1 heterocycles. The second-order valence-corrected chi connectivity index (χ2v) is 7.60. The summed E-state index contributed by atoms with van der Waals surface area (Å²) in [4.78, 5) is 0.280. The number of rotatable bonds is 2. The third-order valence-corrected chi connectivity index (χ3v) is 6.22. The Morgan fingerprint density at radius 2 is 1.76 bits per heavy atom. The molecule has 0 aromatic heterocycles. The maximum absolute atomic E-state index is 12.0. The van der Waals surface area contributed by atoms with Crippen LogP contribution in [0.2, 0.25) is 0 Å². The highest BCUT2D eigenvalue weighted by Gasteiger charge is 2.15. The van der Waals surface area contributed by atoms with Gasteiger partial charge in [0.2, 0.25) is 0 Å². The number of aryl methyl sites for hydroxylation is 1. The molecule has 4 nitrogen and oxygen atoms in total. The zero-order valence-corrected chi connectivity index (χ0v) is 11.3. The molecule has 1 fully saturated rings. The Bertz CT molecular complexity index is 512. The molecule has 0 spiro atoms. The van der Waals surface area contributed by atoms with Gasteiger partial charge in [0.25, 0.3) is 10.0 Å². The smallest absolute Gasteiger partial charge is 0.287 e. The molecule has 0 saturated carbocycles. The first-order chi connectivity index (χ1) is 8.08. The second-order valence-electron chi connectivity index (χ2n) is 3.85. The van der Waals surface area contributed by atoms with E-state index in [4.69, 9.17) is 4.74 Å². The minimum atomic E-state index is -3.49. The molecule has 0 N–H and O–H groups in total. The SMILES string of the molecule is Cc1ccc(S(=O)(=O)N=S2CCOCC2)cc1. The normalized spacial score (nSPS) is 17.9. The predicted molar refractivity (Wildman–Crippen MR) is 68.7 cm³/mol. The van der Waals surface area contributed by atoms with E-state index >= 15 is 0 Å². The lowest BCUT2D eigenvalue weighted by Gasteiger charge is -2.14. The summed E-state index contributed by atoms with van der Waals surface area (Å²) < 4.78 is 33.2. The fourth-order valence-corrected chi connectivity index (χ4v) is 4.84. The summed E-state index contributed by atoms with van der Waals surface area (Å²) in [7, 11) is -3.90. The fourth-order valence-electron chi connectivity index (χ4n) is 1.48. The van der Waals surface area contributed by atoms with E-state index in [1.54, 1.807) is 24.3 Å². The van der Waals surface area contributed by atoms with Crippen LogP contribution in [0.1, 0.15) is 5.56 Å².